The summed E-state index contributed by atoms with van der Waals surface area (Å²) in [4.78, 5) is 25.4. The Balaban J connectivity index is 1.65. The summed E-state index contributed by atoms with van der Waals surface area (Å²) in [7, 11) is 0. The van der Waals surface area contributed by atoms with Crippen LogP contribution in [0, 0.1) is 3.57 Å². The Labute approximate surface area is 193 Å². The van der Waals surface area contributed by atoms with Crippen molar-refractivity contribution in [1.29, 1.82) is 0 Å². The Bertz CT molecular complexity index is 1320. The van der Waals surface area contributed by atoms with E-state index < -0.39 is 0 Å². The van der Waals surface area contributed by atoms with E-state index in [1.807, 2.05) is 46.9 Å². The summed E-state index contributed by atoms with van der Waals surface area (Å²) in [6.07, 6.45) is 1.39. The number of nitrogens with zero attached hydrogens (tertiary/aromatic N) is 2. The average molecular weight is 576 g/mol. The van der Waals surface area contributed by atoms with E-state index in [2.05, 4.69) is 26.5 Å². The van der Waals surface area contributed by atoms with Crippen molar-refractivity contribution < 1.29 is 9.90 Å². The van der Waals surface area contributed by atoms with Crippen molar-refractivity contribution >= 4 is 72.4 Å². The van der Waals surface area contributed by atoms with E-state index in [0.717, 1.165) is 4.47 Å². The van der Waals surface area contributed by atoms with Gasteiger partial charge in [0, 0.05) is 20.8 Å². The second kappa shape index (κ2) is 8.57. The largest absolute Gasteiger partial charge is 0.506 e. The summed E-state index contributed by atoms with van der Waals surface area (Å²) < 4.78 is 3.26. The van der Waals surface area contributed by atoms with Crippen molar-refractivity contribution in [1.82, 2.24) is 9.99 Å². The number of halogens is 2. The number of fused-ring (bicyclic) bond motifs is 2. The third kappa shape index (κ3) is 3.97. The molecule has 1 heterocycles. The standard InChI is InChI=1S/C22H15BrIN3O3/c23-14-9-13(21(29)17(24)10-14)11-25-26-20(28)12-27-18-7-3-1-5-15(18)22(30)16-6-2-4-8-19(16)27/h1-11,29H,12H2,(H,26,28)/b25-11-. The molecule has 0 saturated carbocycles. The maximum absolute atomic E-state index is 12.8. The Morgan fingerprint density at radius 1 is 1.10 bits per heavy atom. The quantitative estimate of drug-likeness (QED) is 0.164. The van der Waals surface area contributed by atoms with Crippen LogP contribution in [-0.4, -0.2) is 21.8 Å². The van der Waals surface area contributed by atoms with Crippen molar-refractivity contribution in [3.8, 4) is 5.75 Å². The predicted octanol–water partition coefficient (Wildman–Crippen LogP) is 4.38. The molecule has 150 valence electrons. The van der Waals surface area contributed by atoms with E-state index in [0.29, 0.717) is 30.9 Å². The monoisotopic (exact) mass is 575 g/mol. The molecule has 2 N–H and O–H groups in total. The molecule has 0 aliphatic rings. The highest BCUT2D eigenvalue weighted by atomic mass is 127. The summed E-state index contributed by atoms with van der Waals surface area (Å²) >= 11 is 5.39. The van der Waals surface area contributed by atoms with Crippen molar-refractivity contribution in [2.45, 2.75) is 6.54 Å². The first-order valence-corrected chi connectivity index (χ1v) is 10.8. The highest BCUT2D eigenvalue weighted by Gasteiger charge is 2.12. The van der Waals surface area contributed by atoms with Crippen LogP contribution in [-0.2, 0) is 11.3 Å². The Morgan fingerprint density at radius 3 is 2.33 bits per heavy atom. The van der Waals surface area contributed by atoms with Gasteiger partial charge in [-0.3, -0.25) is 9.59 Å². The van der Waals surface area contributed by atoms with Gasteiger partial charge in [-0.15, -0.1) is 0 Å². The minimum Gasteiger partial charge on any atom is -0.506 e. The molecule has 0 saturated heterocycles. The molecule has 0 spiro atoms. The summed E-state index contributed by atoms with van der Waals surface area (Å²) in [6.45, 7) is -0.0132. The molecule has 6 nitrogen and oxygen atoms in total. The molecule has 3 aromatic carbocycles. The van der Waals surface area contributed by atoms with E-state index in [1.54, 1.807) is 41.0 Å². The van der Waals surface area contributed by atoms with Crippen LogP contribution >= 0.6 is 38.5 Å². The van der Waals surface area contributed by atoms with Crippen molar-refractivity contribution in [3.05, 3.63) is 84.5 Å². The van der Waals surface area contributed by atoms with Crippen LogP contribution in [0.15, 0.2) is 75.0 Å². The molecule has 4 rings (SSSR count). The topological polar surface area (TPSA) is 83.7 Å². The lowest BCUT2D eigenvalue weighted by atomic mass is 10.1. The number of benzene rings is 3. The highest BCUT2D eigenvalue weighted by molar-refractivity contribution is 14.1. The molecule has 1 amide bonds. The fourth-order valence-electron chi connectivity index (χ4n) is 3.28. The zero-order valence-corrected chi connectivity index (χ0v) is 19.2. The summed E-state index contributed by atoms with van der Waals surface area (Å²) in [5.41, 5.74) is 4.27. The number of hydrazone groups is 1. The number of carbonyl (C=O) groups is 1. The van der Waals surface area contributed by atoms with E-state index in [4.69, 9.17) is 0 Å². The molecule has 0 fully saturated rings. The van der Waals surface area contributed by atoms with Gasteiger partial charge < -0.3 is 9.67 Å². The lowest BCUT2D eigenvalue weighted by Crippen LogP contribution is -2.25. The Morgan fingerprint density at radius 2 is 1.70 bits per heavy atom. The number of amides is 1. The minimum atomic E-state index is -0.352. The van der Waals surface area contributed by atoms with Gasteiger partial charge in [-0.2, -0.15) is 5.10 Å². The number of phenols is 1. The zero-order chi connectivity index (χ0) is 21.3. The molecular formula is C22H15BrIN3O3. The number of pyridine rings is 1. The Kier molecular flexibility index (Phi) is 5.87. The van der Waals surface area contributed by atoms with Gasteiger partial charge in [-0.25, -0.2) is 5.43 Å². The smallest absolute Gasteiger partial charge is 0.260 e. The second-order valence-corrected chi connectivity index (χ2v) is 8.65. The van der Waals surface area contributed by atoms with Gasteiger partial charge in [0.15, 0.2) is 5.43 Å². The highest BCUT2D eigenvalue weighted by Crippen LogP contribution is 2.27. The number of phenolic OH excluding ortho intramolecular Hbond substituents is 1. The molecule has 0 atom stereocenters. The summed E-state index contributed by atoms with van der Waals surface area (Å²) in [6, 6.07) is 17.9. The van der Waals surface area contributed by atoms with Crippen molar-refractivity contribution in [3.63, 3.8) is 0 Å². The average Bonchev–Trinajstić information content (AvgIpc) is 2.74. The molecule has 1 aromatic heterocycles. The number of carbonyl (C=O) groups excluding carboxylic acids is 1. The summed E-state index contributed by atoms with van der Waals surface area (Å²) in [5, 5.41) is 15.2. The number of hydrogen-bond donors (Lipinski definition) is 2. The van der Waals surface area contributed by atoms with Crippen LogP contribution < -0.4 is 10.9 Å². The van der Waals surface area contributed by atoms with Crippen LogP contribution in [0.25, 0.3) is 21.8 Å². The third-order valence-electron chi connectivity index (χ3n) is 4.63. The minimum absolute atomic E-state index is 0.0132. The van der Waals surface area contributed by atoms with Crippen LogP contribution in [0.3, 0.4) is 0 Å². The molecule has 30 heavy (non-hydrogen) atoms. The number of para-hydroxylation sites is 2. The van der Waals surface area contributed by atoms with Crippen molar-refractivity contribution in [2.75, 3.05) is 0 Å². The molecule has 4 aromatic rings. The molecule has 8 heteroatoms. The maximum atomic E-state index is 12.8. The second-order valence-electron chi connectivity index (χ2n) is 6.57. The zero-order valence-electron chi connectivity index (χ0n) is 15.5. The molecular weight excluding hydrogens is 561 g/mol. The van der Waals surface area contributed by atoms with E-state index in [1.165, 1.54) is 6.21 Å². The van der Waals surface area contributed by atoms with E-state index in [9.17, 15) is 14.7 Å². The van der Waals surface area contributed by atoms with Gasteiger partial charge in [-0.1, -0.05) is 40.2 Å². The fourth-order valence-corrected chi connectivity index (χ4v) is 4.83. The van der Waals surface area contributed by atoms with Gasteiger partial charge in [0.05, 0.1) is 20.8 Å². The third-order valence-corrected chi connectivity index (χ3v) is 5.91. The number of aromatic hydroxyl groups is 1. The molecule has 0 unspecified atom stereocenters. The molecule has 0 bridgehead atoms. The van der Waals surface area contributed by atoms with Crippen LogP contribution in [0.5, 0.6) is 5.75 Å². The SMILES string of the molecule is O=C(Cn1c2ccccc2c(=O)c2ccccc21)N/N=C\c1cc(Br)cc(I)c1O. The van der Waals surface area contributed by atoms with Gasteiger partial charge in [-0.05, 0) is 59.0 Å². The number of nitrogens with one attached hydrogen (secondary N) is 1. The van der Waals surface area contributed by atoms with E-state index >= 15 is 0 Å². The molecule has 0 aliphatic heterocycles. The fraction of sp³-hybridized carbons (Fsp3) is 0.0455. The summed E-state index contributed by atoms with van der Waals surface area (Å²) in [5.74, 6) is -0.261. The van der Waals surface area contributed by atoms with Gasteiger partial charge in [0.2, 0.25) is 0 Å². The normalized spacial score (nSPS) is 11.4. The molecule has 0 radical (unpaired) electrons. The molecule has 0 aliphatic carbocycles. The van der Waals surface area contributed by atoms with Gasteiger partial charge in [0.25, 0.3) is 5.91 Å². The van der Waals surface area contributed by atoms with Gasteiger partial charge >= 0.3 is 0 Å². The predicted molar refractivity (Wildman–Crippen MR) is 130 cm³/mol. The first-order chi connectivity index (χ1) is 14.5. The number of aromatic nitrogens is 1. The lowest BCUT2D eigenvalue weighted by Gasteiger charge is -2.14. The maximum Gasteiger partial charge on any atom is 0.260 e. The lowest BCUT2D eigenvalue weighted by molar-refractivity contribution is -0.121. The van der Waals surface area contributed by atoms with Crippen LogP contribution in [0.4, 0.5) is 0 Å². The van der Waals surface area contributed by atoms with Crippen molar-refractivity contribution in [2.24, 2.45) is 5.10 Å². The van der Waals surface area contributed by atoms with E-state index in [-0.39, 0.29) is 23.6 Å². The van der Waals surface area contributed by atoms with Gasteiger partial charge in [0.1, 0.15) is 12.3 Å². The number of hydrogen-bond acceptors (Lipinski definition) is 4. The number of rotatable bonds is 4. The van der Waals surface area contributed by atoms with Crippen LogP contribution in [0.1, 0.15) is 5.56 Å². The van der Waals surface area contributed by atoms with Crippen LogP contribution in [0.2, 0.25) is 0 Å². The Hall–Kier alpha value is -2.72. The first kappa shape index (κ1) is 20.5. The first-order valence-electron chi connectivity index (χ1n) is 8.96.